The molecule has 2 aliphatic rings. The van der Waals surface area contributed by atoms with Crippen LogP contribution in [-0.4, -0.2) is 53.3 Å². The number of hydrogen-bond donors (Lipinski definition) is 2. The Morgan fingerprint density at radius 2 is 2.00 bits per heavy atom. The Kier molecular flexibility index (Phi) is 3.26. The van der Waals surface area contributed by atoms with E-state index in [0.29, 0.717) is 0 Å². The Morgan fingerprint density at radius 3 is 2.65 bits per heavy atom. The van der Waals surface area contributed by atoms with Crippen molar-refractivity contribution in [1.29, 1.82) is 0 Å². The lowest BCUT2D eigenvalue weighted by molar-refractivity contribution is -0.247. The van der Waals surface area contributed by atoms with Gasteiger partial charge in [-0.25, -0.2) is 0 Å². The number of hydrogen-bond acceptors (Lipinski definition) is 6. The van der Waals surface area contributed by atoms with Gasteiger partial charge in [0.05, 0.1) is 12.6 Å². The smallest absolute Gasteiger partial charge is 0.190 e. The van der Waals surface area contributed by atoms with E-state index in [4.69, 9.17) is 19.7 Å². The maximum atomic E-state index is 9.88. The Hall–Kier alpha value is -0.890. The van der Waals surface area contributed by atoms with E-state index in [1.165, 1.54) is 0 Å². The molecule has 0 radical (unpaired) electrons. The van der Waals surface area contributed by atoms with Crippen LogP contribution in [0.5, 0.6) is 0 Å². The molecule has 17 heavy (non-hydrogen) atoms. The third-order valence-corrected chi connectivity index (χ3v) is 2.79. The summed E-state index contributed by atoms with van der Waals surface area (Å²) >= 11 is 0. The quantitative estimate of drug-likeness (QED) is 0.400. The minimum atomic E-state index is -1.17. The Morgan fingerprint density at radius 1 is 1.29 bits per heavy atom. The number of rotatable bonds is 2. The molecular weight excluding hydrogens is 230 g/mol. The van der Waals surface area contributed by atoms with E-state index >= 15 is 0 Å². The first-order chi connectivity index (χ1) is 7.94. The zero-order valence-electron chi connectivity index (χ0n) is 9.55. The monoisotopic (exact) mass is 245 g/mol. The SMILES string of the molecule is CC1(C)O[C@H]2O[C@H](CN=[N+]=[N-])[C@H](O)[C@@H](O)[C@H]2O1. The van der Waals surface area contributed by atoms with Crippen LogP contribution in [0.25, 0.3) is 10.4 Å². The summed E-state index contributed by atoms with van der Waals surface area (Å²) in [6.45, 7) is 3.31. The van der Waals surface area contributed by atoms with Gasteiger partial charge in [0.15, 0.2) is 12.1 Å². The van der Waals surface area contributed by atoms with Gasteiger partial charge in [0, 0.05) is 4.91 Å². The van der Waals surface area contributed by atoms with Crippen molar-refractivity contribution < 1.29 is 24.4 Å². The molecule has 8 heteroatoms. The van der Waals surface area contributed by atoms with Crippen LogP contribution >= 0.6 is 0 Å². The first-order valence-corrected chi connectivity index (χ1v) is 5.33. The number of nitrogens with zero attached hydrogens (tertiary/aromatic N) is 3. The molecule has 2 heterocycles. The second-order valence-corrected chi connectivity index (χ2v) is 4.54. The molecule has 0 saturated carbocycles. The van der Waals surface area contributed by atoms with E-state index < -0.39 is 36.5 Å². The fraction of sp³-hybridized carbons (Fsp3) is 1.00. The first-order valence-electron chi connectivity index (χ1n) is 5.33. The van der Waals surface area contributed by atoms with Crippen molar-refractivity contribution in [2.24, 2.45) is 5.11 Å². The normalized spacial score (nSPS) is 43.9. The fourth-order valence-corrected chi connectivity index (χ4v) is 2.03. The second kappa shape index (κ2) is 4.41. The van der Waals surface area contributed by atoms with Crippen LogP contribution in [-0.2, 0) is 14.2 Å². The van der Waals surface area contributed by atoms with Crippen molar-refractivity contribution in [1.82, 2.24) is 0 Å². The highest BCUT2D eigenvalue weighted by Gasteiger charge is 2.53. The van der Waals surface area contributed by atoms with Gasteiger partial charge < -0.3 is 24.4 Å². The fourth-order valence-electron chi connectivity index (χ4n) is 2.03. The van der Waals surface area contributed by atoms with E-state index in [9.17, 15) is 10.2 Å². The minimum absolute atomic E-state index is 0.0677. The van der Waals surface area contributed by atoms with Gasteiger partial charge in [-0.1, -0.05) is 5.11 Å². The van der Waals surface area contributed by atoms with Gasteiger partial charge in [-0.3, -0.25) is 0 Å². The van der Waals surface area contributed by atoms with Gasteiger partial charge in [-0.05, 0) is 19.4 Å². The Bertz CT molecular complexity index is 344. The zero-order valence-corrected chi connectivity index (χ0v) is 9.55. The zero-order chi connectivity index (χ0) is 12.6. The molecule has 5 atom stereocenters. The van der Waals surface area contributed by atoms with Crippen LogP contribution in [0, 0.1) is 0 Å². The lowest BCUT2D eigenvalue weighted by Gasteiger charge is -2.37. The summed E-state index contributed by atoms with van der Waals surface area (Å²) in [6, 6.07) is 0. The van der Waals surface area contributed by atoms with Crippen LogP contribution in [0.15, 0.2) is 5.11 Å². The summed E-state index contributed by atoms with van der Waals surface area (Å²) in [6.07, 6.45) is -4.59. The maximum absolute atomic E-state index is 9.88. The molecule has 2 rings (SSSR count). The van der Waals surface area contributed by atoms with Gasteiger partial charge in [0.25, 0.3) is 0 Å². The van der Waals surface area contributed by atoms with E-state index in [0.717, 1.165) is 0 Å². The summed E-state index contributed by atoms with van der Waals surface area (Å²) in [5, 5.41) is 23.0. The van der Waals surface area contributed by atoms with Crippen LogP contribution in [0.4, 0.5) is 0 Å². The predicted octanol–water partition coefficient (Wildman–Crippen LogP) is -0.105. The molecule has 2 aliphatic heterocycles. The van der Waals surface area contributed by atoms with Crippen LogP contribution in [0.2, 0.25) is 0 Å². The molecule has 0 unspecified atom stereocenters. The highest BCUT2D eigenvalue weighted by Crippen LogP contribution is 2.36. The van der Waals surface area contributed by atoms with E-state index in [1.54, 1.807) is 13.8 Å². The van der Waals surface area contributed by atoms with Crippen molar-refractivity contribution in [3.05, 3.63) is 10.4 Å². The first kappa shape index (κ1) is 12.6. The molecule has 8 nitrogen and oxygen atoms in total. The number of aliphatic hydroxyl groups is 2. The highest BCUT2D eigenvalue weighted by molar-refractivity contribution is 4.94. The van der Waals surface area contributed by atoms with Crippen molar-refractivity contribution in [3.8, 4) is 0 Å². The largest absolute Gasteiger partial charge is 0.388 e. The van der Waals surface area contributed by atoms with E-state index in [-0.39, 0.29) is 6.54 Å². The third kappa shape index (κ3) is 2.37. The average molecular weight is 245 g/mol. The number of ether oxygens (including phenoxy) is 3. The molecule has 0 aromatic rings. The van der Waals surface area contributed by atoms with Crippen LogP contribution in [0.3, 0.4) is 0 Å². The molecule has 2 fully saturated rings. The van der Waals surface area contributed by atoms with E-state index in [1.807, 2.05) is 0 Å². The minimum Gasteiger partial charge on any atom is -0.388 e. The predicted molar refractivity (Wildman–Crippen MR) is 54.7 cm³/mol. The van der Waals surface area contributed by atoms with Crippen LogP contribution in [0.1, 0.15) is 13.8 Å². The molecule has 2 saturated heterocycles. The molecule has 96 valence electrons. The topological polar surface area (TPSA) is 117 Å². The van der Waals surface area contributed by atoms with Crippen molar-refractivity contribution in [3.63, 3.8) is 0 Å². The molecule has 0 aromatic heterocycles. The van der Waals surface area contributed by atoms with Crippen molar-refractivity contribution in [2.45, 2.75) is 50.3 Å². The average Bonchev–Trinajstić information content (AvgIpc) is 2.57. The molecular formula is C9H15N3O5. The van der Waals surface area contributed by atoms with Gasteiger partial charge in [-0.2, -0.15) is 0 Å². The highest BCUT2D eigenvalue weighted by atomic mass is 16.8. The standard InChI is InChI=1S/C9H15N3O5/c1-9(2)16-7-6(14)5(13)4(3-11-12-10)15-8(7)17-9/h4-8,13-14H,3H2,1-2H3/t4-,5+,6-,7-,8-/m1/s1. The van der Waals surface area contributed by atoms with Gasteiger partial charge in [-0.15, -0.1) is 0 Å². The maximum Gasteiger partial charge on any atom is 0.190 e. The Balaban J connectivity index is 2.10. The summed E-state index contributed by atoms with van der Waals surface area (Å²) in [5.41, 5.74) is 8.22. The lowest BCUT2D eigenvalue weighted by Crippen LogP contribution is -2.57. The number of aliphatic hydroxyl groups excluding tert-OH is 2. The Labute approximate surface area is 97.7 Å². The summed E-state index contributed by atoms with van der Waals surface area (Å²) in [5.74, 6) is -0.872. The second-order valence-electron chi connectivity index (χ2n) is 4.54. The molecule has 0 bridgehead atoms. The van der Waals surface area contributed by atoms with Crippen LogP contribution < -0.4 is 0 Å². The summed E-state index contributed by atoms with van der Waals surface area (Å²) in [4.78, 5) is 2.58. The van der Waals surface area contributed by atoms with Crippen molar-refractivity contribution >= 4 is 0 Å². The lowest BCUT2D eigenvalue weighted by atomic mass is 9.99. The van der Waals surface area contributed by atoms with Gasteiger partial charge in [0.2, 0.25) is 0 Å². The van der Waals surface area contributed by atoms with Crippen molar-refractivity contribution in [2.75, 3.05) is 6.54 Å². The summed E-state index contributed by atoms with van der Waals surface area (Å²) in [7, 11) is 0. The molecule has 2 N–H and O–H groups in total. The number of azide groups is 1. The van der Waals surface area contributed by atoms with Gasteiger partial charge >= 0.3 is 0 Å². The van der Waals surface area contributed by atoms with Gasteiger partial charge in [0.1, 0.15) is 18.3 Å². The number of fused-ring (bicyclic) bond motifs is 1. The summed E-state index contributed by atoms with van der Waals surface area (Å²) < 4.78 is 16.3. The molecule has 0 aliphatic carbocycles. The molecule has 0 aromatic carbocycles. The third-order valence-electron chi connectivity index (χ3n) is 2.79. The molecule has 0 spiro atoms. The van der Waals surface area contributed by atoms with E-state index in [2.05, 4.69) is 10.0 Å². The molecule has 0 amide bonds.